The van der Waals surface area contributed by atoms with E-state index in [4.69, 9.17) is 15.1 Å². The zero-order chi connectivity index (χ0) is 17.5. The zero-order valence-corrected chi connectivity index (χ0v) is 14.0. The quantitative estimate of drug-likeness (QED) is 0.314. The number of hydrazine groups is 2. The Labute approximate surface area is 141 Å². The van der Waals surface area contributed by atoms with Crippen molar-refractivity contribution < 1.29 is 9.21 Å². The summed E-state index contributed by atoms with van der Waals surface area (Å²) in [5, 5.41) is 1.67. The number of para-hydroxylation sites is 1. The third kappa shape index (κ3) is 4.46. The number of oxazole rings is 1. The highest BCUT2D eigenvalue weighted by Gasteiger charge is 2.29. The molecule has 5 N–H and O–H groups in total. The second-order valence-electron chi connectivity index (χ2n) is 5.67. The summed E-state index contributed by atoms with van der Waals surface area (Å²) in [4.78, 5) is 15.3. The molecule has 1 aromatic carbocycles. The Hall–Kier alpha value is -2.58. The summed E-state index contributed by atoms with van der Waals surface area (Å²) in [6, 6.07) is 6.33. The van der Waals surface area contributed by atoms with E-state index in [2.05, 4.69) is 34.9 Å². The molecule has 1 fully saturated rings. The maximum Gasteiger partial charge on any atom is 0.221 e. The largest absolute Gasteiger partial charge is 0.447 e. The van der Waals surface area contributed by atoms with Crippen LogP contribution in [0.3, 0.4) is 0 Å². The molecule has 1 aromatic heterocycles. The molecule has 8 heteroatoms. The lowest BCUT2D eigenvalue weighted by atomic mass is 10.1. The number of carbonyl (C=O) groups excluding carboxylic acids is 1. The summed E-state index contributed by atoms with van der Waals surface area (Å²) >= 11 is 0. The Kier molecular flexibility index (Phi) is 6.16. The summed E-state index contributed by atoms with van der Waals surface area (Å²) < 4.78 is 5.34. The number of rotatable bonds is 6. The first-order chi connectivity index (χ1) is 11.6. The molecule has 0 unspecified atom stereocenters. The number of nitrogens with zero attached hydrogens (tertiary/aromatic N) is 3. The maximum atomic E-state index is 8.94. The van der Waals surface area contributed by atoms with Crippen molar-refractivity contribution in [3.05, 3.63) is 42.1 Å². The molecule has 0 aliphatic heterocycles. The Morgan fingerprint density at radius 2 is 2.12 bits per heavy atom. The van der Waals surface area contributed by atoms with Gasteiger partial charge in [0, 0.05) is 14.1 Å². The fourth-order valence-corrected chi connectivity index (χ4v) is 2.59. The van der Waals surface area contributed by atoms with Crippen molar-refractivity contribution in [2.75, 3.05) is 24.0 Å². The number of hydrogen-bond donors (Lipinski definition) is 3. The highest BCUT2D eigenvalue weighted by Crippen LogP contribution is 2.47. The van der Waals surface area contributed by atoms with E-state index in [1.807, 2.05) is 13.1 Å². The second-order valence-corrected chi connectivity index (χ2v) is 5.67. The monoisotopic (exact) mass is 332 g/mol. The van der Waals surface area contributed by atoms with Crippen molar-refractivity contribution in [2.45, 2.75) is 25.3 Å². The number of nitrogens with one attached hydrogen (secondary N) is 1. The van der Waals surface area contributed by atoms with Crippen LogP contribution >= 0.6 is 0 Å². The number of amides is 1. The van der Waals surface area contributed by atoms with Gasteiger partial charge in [-0.05, 0) is 30.4 Å². The summed E-state index contributed by atoms with van der Waals surface area (Å²) in [7, 11) is 3.92. The van der Waals surface area contributed by atoms with Crippen LogP contribution in [0.5, 0.6) is 0 Å². The molecule has 1 amide bonds. The number of nitrogens with two attached hydrogens (primary N) is 2. The Morgan fingerprint density at radius 1 is 1.42 bits per heavy atom. The van der Waals surface area contributed by atoms with Gasteiger partial charge >= 0.3 is 0 Å². The van der Waals surface area contributed by atoms with Crippen molar-refractivity contribution >= 4 is 17.8 Å². The van der Waals surface area contributed by atoms with Crippen LogP contribution in [0.15, 0.2) is 35.1 Å². The van der Waals surface area contributed by atoms with Gasteiger partial charge in [-0.25, -0.2) is 16.7 Å². The Bertz CT molecular complexity index is 620. The third-order valence-corrected chi connectivity index (χ3v) is 3.75. The fraction of sp³-hybridized carbons (Fsp3) is 0.375. The molecule has 1 aliphatic rings. The summed E-state index contributed by atoms with van der Waals surface area (Å²) in [5.74, 6) is 11.8. The SMILES string of the molecule is CN(N)c1cccc(C2CC2)c1N(C)Cc1ncco1.NNC=O. The first-order valence-corrected chi connectivity index (χ1v) is 7.69. The summed E-state index contributed by atoms with van der Waals surface area (Å²) in [6.45, 7) is 0.636. The smallest absolute Gasteiger partial charge is 0.221 e. The molecule has 24 heavy (non-hydrogen) atoms. The van der Waals surface area contributed by atoms with E-state index >= 15 is 0 Å². The van der Waals surface area contributed by atoms with Gasteiger partial charge in [-0.3, -0.25) is 10.2 Å². The van der Waals surface area contributed by atoms with Crippen LogP contribution in [0.25, 0.3) is 0 Å². The molecule has 8 nitrogen and oxygen atoms in total. The van der Waals surface area contributed by atoms with Gasteiger partial charge < -0.3 is 14.3 Å². The van der Waals surface area contributed by atoms with E-state index in [-0.39, 0.29) is 0 Å². The van der Waals surface area contributed by atoms with E-state index in [9.17, 15) is 0 Å². The van der Waals surface area contributed by atoms with E-state index in [0.29, 0.717) is 24.8 Å². The number of benzene rings is 1. The van der Waals surface area contributed by atoms with Gasteiger partial charge in [0.05, 0.1) is 24.1 Å². The van der Waals surface area contributed by atoms with Gasteiger partial charge in [0.25, 0.3) is 0 Å². The lowest BCUT2D eigenvalue weighted by Crippen LogP contribution is -2.29. The van der Waals surface area contributed by atoms with Crippen molar-refractivity contribution in [3.8, 4) is 0 Å². The predicted octanol–water partition coefficient (Wildman–Crippen LogP) is 1.10. The van der Waals surface area contributed by atoms with Crippen LogP contribution < -0.4 is 27.0 Å². The Morgan fingerprint density at radius 3 is 2.62 bits per heavy atom. The van der Waals surface area contributed by atoms with Gasteiger partial charge in [-0.1, -0.05) is 12.1 Å². The molecule has 130 valence electrons. The number of aromatic nitrogens is 1. The minimum atomic E-state index is 0.403. The third-order valence-electron chi connectivity index (χ3n) is 3.75. The van der Waals surface area contributed by atoms with E-state index in [0.717, 1.165) is 5.69 Å². The highest BCUT2D eigenvalue weighted by atomic mass is 16.3. The summed E-state index contributed by atoms with van der Waals surface area (Å²) in [5.41, 5.74) is 5.33. The zero-order valence-electron chi connectivity index (χ0n) is 14.0. The number of hydrogen-bond acceptors (Lipinski definition) is 7. The first-order valence-electron chi connectivity index (χ1n) is 7.69. The van der Waals surface area contributed by atoms with Gasteiger partial charge in [0.1, 0.15) is 6.26 Å². The van der Waals surface area contributed by atoms with Crippen molar-refractivity contribution in [2.24, 2.45) is 11.7 Å². The summed E-state index contributed by atoms with van der Waals surface area (Å²) in [6.07, 6.45) is 6.20. The second kappa shape index (κ2) is 8.32. The van der Waals surface area contributed by atoms with Gasteiger partial charge in [-0.15, -0.1) is 0 Å². The van der Waals surface area contributed by atoms with Crippen molar-refractivity contribution in [3.63, 3.8) is 0 Å². The molecule has 0 saturated heterocycles. The van der Waals surface area contributed by atoms with Crippen LogP contribution in [0, 0.1) is 0 Å². The topological polar surface area (TPSA) is 114 Å². The van der Waals surface area contributed by atoms with Crippen molar-refractivity contribution in [1.82, 2.24) is 10.4 Å². The molecule has 0 bridgehead atoms. The first kappa shape index (κ1) is 17.8. The van der Waals surface area contributed by atoms with E-state index in [1.54, 1.807) is 22.9 Å². The molecular formula is C16H24N6O2. The minimum Gasteiger partial charge on any atom is -0.447 e. The minimum absolute atomic E-state index is 0.403. The van der Waals surface area contributed by atoms with Crippen LogP contribution in [0.2, 0.25) is 0 Å². The molecule has 0 atom stereocenters. The standard InChI is InChI=1S/C15H20N4O.CH4N2O/c1-18(10-14-17-8-9-20-14)15-12(11-6-7-11)4-3-5-13(15)19(2)16;2-3-1-4/h3-5,8-9,11H,6-7,10,16H2,1-2H3;1H,2H2,(H,3,4). The normalized spacial score (nSPS) is 12.8. The van der Waals surface area contributed by atoms with Gasteiger partial charge in [0.15, 0.2) is 0 Å². The van der Waals surface area contributed by atoms with Crippen LogP contribution in [-0.4, -0.2) is 25.5 Å². The lowest BCUT2D eigenvalue weighted by molar-refractivity contribution is -0.109. The van der Waals surface area contributed by atoms with Crippen LogP contribution in [0.4, 0.5) is 11.4 Å². The van der Waals surface area contributed by atoms with E-state index < -0.39 is 0 Å². The molecule has 1 heterocycles. The Balaban J connectivity index is 0.000000471. The number of carbonyl (C=O) groups is 1. The van der Waals surface area contributed by atoms with Crippen LogP contribution in [-0.2, 0) is 11.3 Å². The van der Waals surface area contributed by atoms with Gasteiger partial charge in [-0.2, -0.15) is 0 Å². The number of anilines is 2. The molecule has 2 aromatic rings. The van der Waals surface area contributed by atoms with Crippen molar-refractivity contribution in [1.29, 1.82) is 0 Å². The van der Waals surface area contributed by atoms with E-state index in [1.165, 1.54) is 24.1 Å². The molecule has 0 spiro atoms. The maximum absolute atomic E-state index is 8.94. The van der Waals surface area contributed by atoms with Gasteiger partial charge in [0.2, 0.25) is 12.3 Å². The predicted molar refractivity (Wildman–Crippen MR) is 93.0 cm³/mol. The average Bonchev–Trinajstić information content (AvgIpc) is 3.32. The fourth-order valence-electron chi connectivity index (χ4n) is 2.59. The highest BCUT2D eigenvalue weighted by molar-refractivity contribution is 5.75. The average molecular weight is 332 g/mol. The molecular weight excluding hydrogens is 308 g/mol. The molecule has 3 rings (SSSR count). The molecule has 1 saturated carbocycles. The lowest BCUT2D eigenvalue weighted by Gasteiger charge is -2.27. The van der Waals surface area contributed by atoms with Crippen LogP contribution in [0.1, 0.15) is 30.2 Å². The molecule has 1 aliphatic carbocycles. The molecule has 0 radical (unpaired) electrons.